The molecule has 0 spiro atoms. The van der Waals surface area contributed by atoms with E-state index in [4.69, 9.17) is 0 Å². The predicted molar refractivity (Wildman–Crippen MR) is 102 cm³/mol. The summed E-state index contributed by atoms with van der Waals surface area (Å²) in [7, 11) is 0. The molecule has 2 heterocycles. The van der Waals surface area contributed by atoms with Crippen LogP contribution in [0.15, 0.2) is 60.8 Å². The Morgan fingerprint density at radius 2 is 1.85 bits per heavy atom. The number of rotatable bonds is 5. The van der Waals surface area contributed by atoms with Crippen LogP contribution in [0, 0.1) is 0 Å². The molecule has 0 aliphatic carbocycles. The van der Waals surface area contributed by atoms with E-state index in [2.05, 4.69) is 16.8 Å². The van der Waals surface area contributed by atoms with E-state index < -0.39 is 6.30 Å². The second-order valence-electron chi connectivity index (χ2n) is 7.05. The molecule has 4 heteroatoms. The van der Waals surface area contributed by atoms with Crippen molar-refractivity contribution in [1.82, 2.24) is 9.47 Å². The zero-order valence-corrected chi connectivity index (χ0v) is 14.7. The lowest BCUT2D eigenvalue weighted by Crippen LogP contribution is -2.40. The molecule has 0 saturated carbocycles. The van der Waals surface area contributed by atoms with Crippen molar-refractivity contribution in [3.8, 4) is 0 Å². The quantitative estimate of drug-likeness (QED) is 0.495. The first-order chi connectivity index (χ1) is 12.7. The van der Waals surface area contributed by atoms with Crippen LogP contribution in [0.25, 0.3) is 10.9 Å². The minimum absolute atomic E-state index is 0.356. The Bertz CT molecular complexity index is 882. The third kappa shape index (κ3) is 3.42. The number of fused-ring (bicyclic) bond motifs is 1. The summed E-state index contributed by atoms with van der Waals surface area (Å²) in [6.45, 7) is 1.51. The Labute approximate surface area is 153 Å². The fraction of sp³-hybridized carbons (Fsp3) is 0.318. The third-order valence-corrected chi connectivity index (χ3v) is 5.42. The monoisotopic (exact) mass is 350 g/mol. The predicted octanol–water partition coefficient (Wildman–Crippen LogP) is 4.63. The van der Waals surface area contributed by atoms with Crippen molar-refractivity contribution in [2.75, 3.05) is 13.1 Å². The van der Waals surface area contributed by atoms with Gasteiger partial charge in [-0.15, -0.1) is 0 Å². The maximum atomic E-state index is 14.7. The number of nitrogens with zero attached hydrogens (tertiary/aromatic N) is 2. The number of carbonyl (C=O) groups excluding carboxylic acids is 1. The van der Waals surface area contributed by atoms with Crippen LogP contribution >= 0.6 is 0 Å². The molecule has 2 aromatic carbocycles. The molecule has 1 aliphatic heterocycles. The van der Waals surface area contributed by atoms with Gasteiger partial charge in [0.2, 0.25) is 0 Å². The van der Waals surface area contributed by atoms with Crippen molar-refractivity contribution in [1.29, 1.82) is 0 Å². The number of aldehydes is 1. The molecule has 0 N–H and O–H groups in total. The molecule has 1 aromatic heterocycles. The fourth-order valence-electron chi connectivity index (χ4n) is 3.94. The van der Waals surface area contributed by atoms with E-state index in [1.54, 1.807) is 0 Å². The smallest absolute Gasteiger partial charge is 0.157 e. The van der Waals surface area contributed by atoms with Crippen LogP contribution in [-0.2, 0) is 6.42 Å². The summed E-state index contributed by atoms with van der Waals surface area (Å²) in [5.74, 6) is 0. The van der Waals surface area contributed by atoms with Gasteiger partial charge < -0.3 is 4.57 Å². The Morgan fingerprint density at radius 1 is 1.08 bits per heavy atom. The van der Waals surface area contributed by atoms with Gasteiger partial charge >= 0.3 is 0 Å². The van der Waals surface area contributed by atoms with E-state index in [1.165, 1.54) is 0 Å². The van der Waals surface area contributed by atoms with E-state index in [0.29, 0.717) is 18.0 Å². The molecule has 3 aromatic rings. The van der Waals surface area contributed by atoms with Crippen molar-refractivity contribution in [2.45, 2.75) is 31.6 Å². The Hall–Kier alpha value is -2.46. The van der Waals surface area contributed by atoms with Crippen molar-refractivity contribution < 1.29 is 9.18 Å². The van der Waals surface area contributed by atoms with Gasteiger partial charge in [-0.2, -0.15) is 0 Å². The Balaban J connectivity index is 1.43. The van der Waals surface area contributed by atoms with Gasteiger partial charge in [0.15, 0.2) is 6.30 Å². The molecule has 26 heavy (non-hydrogen) atoms. The van der Waals surface area contributed by atoms with Crippen LogP contribution in [0.4, 0.5) is 4.39 Å². The summed E-state index contributed by atoms with van der Waals surface area (Å²) < 4.78 is 16.9. The molecule has 1 saturated heterocycles. The maximum Gasteiger partial charge on any atom is 0.157 e. The minimum Gasteiger partial charge on any atom is -0.344 e. The molecular weight excluding hydrogens is 327 g/mol. The van der Waals surface area contributed by atoms with Crippen LogP contribution in [0.3, 0.4) is 0 Å². The van der Waals surface area contributed by atoms with E-state index in [-0.39, 0.29) is 0 Å². The van der Waals surface area contributed by atoms with Crippen LogP contribution < -0.4 is 0 Å². The average molecular weight is 350 g/mol. The molecular formula is C22H23FN2O. The molecule has 1 atom stereocenters. The largest absolute Gasteiger partial charge is 0.344 e. The standard InChI is InChI=1S/C22H23FN2O/c23-22(15-17-4-2-1-3-5-17)24-11-9-20(10-12-24)25-13-8-19-7-6-18(16-26)14-21(19)25/h1-8,13-14,16,20,22H,9-12,15H2. The van der Waals surface area contributed by atoms with Gasteiger partial charge in [-0.05, 0) is 35.9 Å². The number of likely N-dealkylation sites (tertiary alicyclic amines) is 1. The highest BCUT2D eigenvalue weighted by atomic mass is 19.1. The summed E-state index contributed by atoms with van der Waals surface area (Å²) in [6, 6.07) is 18.1. The number of halogens is 1. The third-order valence-electron chi connectivity index (χ3n) is 5.42. The lowest BCUT2D eigenvalue weighted by atomic mass is 10.0. The highest BCUT2D eigenvalue weighted by molar-refractivity contribution is 5.87. The van der Waals surface area contributed by atoms with Gasteiger partial charge in [-0.3, -0.25) is 9.69 Å². The second kappa shape index (κ2) is 7.42. The van der Waals surface area contributed by atoms with E-state index in [1.807, 2.05) is 53.4 Å². The SMILES string of the molecule is O=Cc1ccc2ccn(C3CCN(C(F)Cc4ccccc4)CC3)c2c1. The van der Waals surface area contributed by atoms with E-state index in [0.717, 1.165) is 48.7 Å². The normalized spacial score (nSPS) is 17.4. The van der Waals surface area contributed by atoms with Gasteiger partial charge in [0.05, 0.1) is 0 Å². The number of alkyl halides is 1. The van der Waals surface area contributed by atoms with Gasteiger partial charge in [-0.1, -0.05) is 42.5 Å². The topological polar surface area (TPSA) is 25.2 Å². The number of hydrogen-bond donors (Lipinski definition) is 0. The van der Waals surface area contributed by atoms with Crippen LogP contribution in [0.2, 0.25) is 0 Å². The van der Waals surface area contributed by atoms with Gasteiger partial charge in [0.1, 0.15) is 6.29 Å². The number of piperidine rings is 1. The molecule has 1 aliphatic rings. The molecule has 0 radical (unpaired) electrons. The number of aromatic nitrogens is 1. The number of carbonyl (C=O) groups is 1. The van der Waals surface area contributed by atoms with Gasteiger partial charge in [0, 0.05) is 42.8 Å². The highest BCUT2D eigenvalue weighted by Crippen LogP contribution is 2.29. The van der Waals surface area contributed by atoms with Gasteiger partial charge in [0.25, 0.3) is 0 Å². The van der Waals surface area contributed by atoms with Gasteiger partial charge in [-0.25, -0.2) is 4.39 Å². The number of benzene rings is 2. The summed E-state index contributed by atoms with van der Waals surface area (Å²) in [6.07, 6.45) is 4.34. The molecule has 1 fully saturated rings. The fourth-order valence-corrected chi connectivity index (χ4v) is 3.94. The maximum absolute atomic E-state index is 14.7. The van der Waals surface area contributed by atoms with Crippen molar-refractivity contribution in [3.63, 3.8) is 0 Å². The number of hydrogen-bond acceptors (Lipinski definition) is 2. The Kier molecular flexibility index (Phi) is 4.85. The van der Waals surface area contributed by atoms with Crippen molar-refractivity contribution >= 4 is 17.2 Å². The van der Waals surface area contributed by atoms with Crippen LogP contribution in [0.5, 0.6) is 0 Å². The van der Waals surface area contributed by atoms with Crippen LogP contribution in [0.1, 0.15) is 34.8 Å². The van der Waals surface area contributed by atoms with Crippen molar-refractivity contribution in [3.05, 3.63) is 71.9 Å². The highest BCUT2D eigenvalue weighted by Gasteiger charge is 2.26. The summed E-state index contributed by atoms with van der Waals surface area (Å²) in [5.41, 5.74) is 2.83. The molecule has 134 valence electrons. The molecule has 0 amide bonds. The first-order valence-electron chi connectivity index (χ1n) is 9.22. The zero-order chi connectivity index (χ0) is 17.9. The molecule has 1 unspecified atom stereocenters. The second-order valence-corrected chi connectivity index (χ2v) is 7.05. The molecule has 4 rings (SSSR count). The lowest BCUT2D eigenvalue weighted by molar-refractivity contribution is 0.0511. The summed E-state index contributed by atoms with van der Waals surface area (Å²) >= 11 is 0. The summed E-state index contributed by atoms with van der Waals surface area (Å²) in [4.78, 5) is 13.0. The van der Waals surface area contributed by atoms with E-state index in [9.17, 15) is 9.18 Å². The average Bonchev–Trinajstić information content (AvgIpc) is 3.12. The minimum atomic E-state index is -0.929. The summed E-state index contributed by atoms with van der Waals surface area (Å²) in [5, 5.41) is 1.14. The first kappa shape index (κ1) is 17.0. The van der Waals surface area contributed by atoms with E-state index >= 15 is 0 Å². The lowest BCUT2D eigenvalue weighted by Gasteiger charge is -2.35. The molecule has 0 bridgehead atoms. The van der Waals surface area contributed by atoms with Crippen LogP contribution in [-0.4, -0.2) is 35.1 Å². The Morgan fingerprint density at radius 3 is 2.58 bits per heavy atom. The van der Waals surface area contributed by atoms with Crippen molar-refractivity contribution in [2.24, 2.45) is 0 Å². The molecule has 3 nitrogen and oxygen atoms in total. The first-order valence-corrected chi connectivity index (χ1v) is 9.22. The zero-order valence-electron chi connectivity index (χ0n) is 14.7.